The van der Waals surface area contributed by atoms with Crippen LogP contribution < -0.4 is 9.14 Å². The van der Waals surface area contributed by atoms with E-state index in [9.17, 15) is 0 Å². The maximum atomic E-state index is 5.38. The second kappa shape index (κ2) is 4.72. The van der Waals surface area contributed by atoms with E-state index in [-0.39, 0.29) is 0 Å². The highest BCUT2D eigenvalue weighted by molar-refractivity contribution is 6.11. The van der Waals surface area contributed by atoms with Crippen LogP contribution in [0.4, 0.5) is 0 Å². The molecule has 0 saturated heterocycles. The molecule has 0 radical (unpaired) electrons. The van der Waals surface area contributed by atoms with E-state index < -0.39 is 0 Å². The minimum Gasteiger partial charge on any atom is -0.497 e. The van der Waals surface area contributed by atoms with Gasteiger partial charge in [-0.3, -0.25) is 0 Å². The Kier molecular flexibility index (Phi) is 2.66. The van der Waals surface area contributed by atoms with Gasteiger partial charge in [-0.05, 0) is 49.4 Å². The molecule has 3 heterocycles. The van der Waals surface area contributed by atoms with Gasteiger partial charge in [0.1, 0.15) is 11.3 Å². The lowest BCUT2D eigenvalue weighted by atomic mass is 9.93. The summed E-state index contributed by atoms with van der Waals surface area (Å²) in [5.74, 6) is 0.900. The summed E-state index contributed by atoms with van der Waals surface area (Å²) in [7, 11) is 1.72. The molecular formula is C20H19N2O+. The van der Waals surface area contributed by atoms with Gasteiger partial charge in [-0.1, -0.05) is 0 Å². The van der Waals surface area contributed by atoms with Crippen molar-refractivity contribution < 1.29 is 9.14 Å². The molecule has 1 aliphatic carbocycles. The van der Waals surface area contributed by atoms with Gasteiger partial charge in [0.2, 0.25) is 5.52 Å². The van der Waals surface area contributed by atoms with Gasteiger partial charge >= 0.3 is 0 Å². The molecule has 1 N–H and O–H groups in total. The summed E-state index contributed by atoms with van der Waals surface area (Å²) in [4.78, 5) is 3.60. The van der Waals surface area contributed by atoms with Gasteiger partial charge in [-0.2, -0.15) is 4.40 Å². The summed E-state index contributed by atoms with van der Waals surface area (Å²) in [6.07, 6.45) is 9.53. The van der Waals surface area contributed by atoms with Crippen LogP contribution in [0.25, 0.3) is 27.3 Å². The van der Waals surface area contributed by atoms with Crippen molar-refractivity contribution >= 4 is 27.3 Å². The Labute approximate surface area is 134 Å². The molecule has 0 aliphatic heterocycles. The number of ether oxygens (including phenoxy) is 1. The van der Waals surface area contributed by atoms with Crippen molar-refractivity contribution in [3.8, 4) is 5.75 Å². The largest absolute Gasteiger partial charge is 0.497 e. The van der Waals surface area contributed by atoms with Crippen LogP contribution in [0.3, 0.4) is 0 Å². The molecule has 0 amide bonds. The minimum atomic E-state index is 0.900. The maximum absolute atomic E-state index is 5.38. The van der Waals surface area contributed by atoms with E-state index in [0.717, 1.165) is 11.3 Å². The van der Waals surface area contributed by atoms with E-state index in [4.69, 9.17) is 4.74 Å². The number of pyridine rings is 2. The first-order chi connectivity index (χ1) is 11.3. The topological polar surface area (TPSA) is 29.1 Å². The Balaban J connectivity index is 1.88. The number of rotatable bonds is 1. The number of methoxy groups -OCH3 is 1. The van der Waals surface area contributed by atoms with E-state index in [2.05, 4.69) is 46.0 Å². The van der Waals surface area contributed by atoms with Crippen LogP contribution in [0.5, 0.6) is 5.75 Å². The fraction of sp³-hybridized carbons (Fsp3) is 0.250. The molecule has 0 bridgehead atoms. The summed E-state index contributed by atoms with van der Waals surface area (Å²) in [5.41, 5.74) is 6.65. The molecule has 0 fully saturated rings. The summed E-state index contributed by atoms with van der Waals surface area (Å²) in [6.45, 7) is 0. The second-order valence-corrected chi connectivity index (χ2v) is 6.46. The lowest BCUT2D eigenvalue weighted by Gasteiger charge is -2.13. The Hall–Kier alpha value is -2.55. The Bertz CT molecular complexity index is 1060. The molecule has 114 valence electrons. The van der Waals surface area contributed by atoms with E-state index in [1.165, 1.54) is 58.6 Å². The van der Waals surface area contributed by atoms with Crippen LogP contribution in [0.1, 0.15) is 24.0 Å². The predicted molar refractivity (Wildman–Crippen MR) is 92.2 cm³/mol. The molecule has 23 heavy (non-hydrogen) atoms. The second-order valence-electron chi connectivity index (χ2n) is 6.46. The molecular weight excluding hydrogens is 284 g/mol. The highest BCUT2D eigenvalue weighted by Gasteiger charge is 2.18. The van der Waals surface area contributed by atoms with Crippen molar-refractivity contribution in [2.75, 3.05) is 7.11 Å². The molecule has 0 unspecified atom stereocenters. The number of nitrogens with zero attached hydrogens (tertiary/aromatic N) is 1. The number of benzene rings is 1. The van der Waals surface area contributed by atoms with Gasteiger partial charge in [0.15, 0.2) is 12.4 Å². The Morgan fingerprint density at radius 2 is 1.87 bits per heavy atom. The molecule has 5 rings (SSSR count). The van der Waals surface area contributed by atoms with Crippen LogP contribution in [0.2, 0.25) is 0 Å². The van der Waals surface area contributed by atoms with Crippen molar-refractivity contribution in [2.24, 2.45) is 0 Å². The van der Waals surface area contributed by atoms with E-state index in [1.54, 1.807) is 7.11 Å². The average molecular weight is 303 g/mol. The van der Waals surface area contributed by atoms with Gasteiger partial charge < -0.3 is 9.72 Å². The number of fused-ring (bicyclic) bond motifs is 6. The van der Waals surface area contributed by atoms with Gasteiger partial charge in [0.25, 0.3) is 0 Å². The molecule has 3 nitrogen and oxygen atoms in total. The van der Waals surface area contributed by atoms with E-state index >= 15 is 0 Å². The fourth-order valence-electron chi connectivity index (χ4n) is 3.91. The Morgan fingerprint density at radius 1 is 1.00 bits per heavy atom. The van der Waals surface area contributed by atoms with Gasteiger partial charge in [0, 0.05) is 34.0 Å². The number of aromatic nitrogens is 2. The van der Waals surface area contributed by atoms with Crippen molar-refractivity contribution in [1.82, 2.24) is 4.98 Å². The van der Waals surface area contributed by atoms with Gasteiger partial charge in [-0.15, -0.1) is 0 Å². The lowest BCUT2D eigenvalue weighted by Crippen LogP contribution is -2.24. The first-order valence-corrected chi connectivity index (χ1v) is 8.29. The molecule has 1 aliphatic rings. The molecule has 0 atom stereocenters. The van der Waals surface area contributed by atoms with Crippen LogP contribution in [0, 0.1) is 0 Å². The van der Waals surface area contributed by atoms with E-state index in [0.29, 0.717) is 0 Å². The molecule has 4 aromatic rings. The maximum Gasteiger partial charge on any atom is 0.235 e. The third-order valence-corrected chi connectivity index (χ3v) is 5.14. The zero-order chi connectivity index (χ0) is 15.4. The molecule has 3 aromatic heterocycles. The third-order valence-electron chi connectivity index (χ3n) is 5.14. The smallest absolute Gasteiger partial charge is 0.235 e. The quantitative estimate of drug-likeness (QED) is 0.530. The van der Waals surface area contributed by atoms with Crippen molar-refractivity contribution in [1.29, 1.82) is 0 Å². The van der Waals surface area contributed by atoms with Crippen molar-refractivity contribution in [2.45, 2.75) is 25.7 Å². The van der Waals surface area contributed by atoms with E-state index in [1.807, 2.05) is 6.07 Å². The molecule has 3 heteroatoms. The standard InChI is InChI=1S/C20H18N2O/c1-23-15-6-7-18-17(11-15)16-8-9-22-12-14-5-3-2-4-13(14)10-19(22)20(16)21-18/h6-12H,2-5H2,1H3/p+1. The summed E-state index contributed by atoms with van der Waals surface area (Å²) in [6, 6.07) is 10.8. The Morgan fingerprint density at radius 3 is 2.74 bits per heavy atom. The zero-order valence-corrected chi connectivity index (χ0v) is 13.2. The SMILES string of the molecule is COc1ccc2[nH]c3c(cc[n+]4cc5c(cc34)CCCC5)c2c1. The summed E-state index contributed by atoms with van der Waals surface area (Å²) >= 11 is 0. The highest BCUT2D eigenvalue weighted by atomic mass is 16.5. The average Bonchev–Trinajstić information content (AvgIpc) is 2.98. The van der Waals surface area contributed by atoms with Crippen LogP contribution in [0.15, 0.2) is 42.7 Å². The van der Waals surface area contributed by atoms with Crippen molar-refractivity contribution in [3.05, 3.63) is 53.9 Å². The number of hydrogen-bond acceptors (Lipinski definition) is 1. The lowest BCUT2D eigenvalue weighted by molar-refractivity contribution is -0.511. The minimum absolute atomic E-state index is 0.900. The summed E-state index contributed by atoms with van der Waals surface area (Å²) in [5, 5.41) is 2.48. The molecule has 0 saturated carbocycles. The predicted octanol–water partition coefficient (Wildman–Crippen LogP) is 3.95. The number of aromatic amines is 1. The number of hydrogen-bond donors (Lipinski definition) is 1. The summed E-state index contributed by atoms with van der Waals surface area (Å²) < 4.78 is 7.65. The van der Waals surface area contributed by atoms with Crippen LogP contribution in [-0.4, -0.2) is 12.1 Å². The first kappa shape index (κ1) is 12.9. The fourth-order valence-corrected chi connectivity index (χ4v) is 3.91. The molecule has 1 aromatic carbocycles. The first-order valence-electron chi connectivity index (χ1n) is 8.29. The van der Waals surface area contributed by atoms with Gasteiger partial charge in [-0.25, -0.2) is 0 Å². The third kappa shape index (κ3) is 1.86. The monoisotopic (exact) mass is 303 g/mol. The van der Waals surface area contributed by atoms with Gasteiger partial charge in [0.05, 0.1) is 7.11 Å². The zero-order valence-electron chi connectivity index (χ0n) is 13.2. The van der Waals surface area contributed by atoms with Crippen molar-refractivity contribution in [3.63, 3.8) is 0 Å². The van der Waals surface area contributed by atoms with Crippen LogP contribution >= 0.6 is 0 Å². The van der Waals surface area contributed by atoms with Crippen LogP contribution in [-0.2, 0) is 12.8 Å². The number of nitrogens with one attached hydrogen (secondary N) is 1. The highest BCUT2D eigenvalue weighted by Crippen LogP contribution is 2.31. The number of aryl methyl sites for hydroxylation is 2. The normalized spacial score (nSPS) is 14.5. The molecule has 0 spiro atoms. The number of H-pyrrole nitrogens is 1.